The highest BCUT2D eigenvalue weighted by molar-refractivity contribution is 7.11. The highest BCUT2D eigenvalue weighted by Crippen LogP contribution is 2.31. The van der Waals surface area contributed by atoms with E-state index in [0.29, 0.717) is 6.10 Å². The lowest BCUT2D eigenvalue weighted by Crippen LogP contribution is -2.26. The van der Waals surface area contributed by atoms with Gasteiger partial charge in [0.25, 0.3) is 0 Å². The topological polar surface area (TPSA) is 21.3 Å². The molecule has 1 aliphatic carbocycles. The SMILES string of the molecule is CCNCc1ccc(COC2CC(C)CC(C)C2)s1. The molecule has 1 saturated carbocycles. The smallest absolute Gasteiger partial charge is 0.0813 e. The average molecular weight is 281 g/mol. The van der Waals surface area contributed by atoms with Gasteiger partial charge in [0.05, 0.1) is 12.7 Å². The molecular formula is C16H27NOS. The number of hydrogen-bond acceptors (Lipinski definition) is 3. The second-order valence-electron chi connectivity index (χ2n) is 6.00. The number of hydrogen-bond donors (Lipinski definition) is 1. The van der Waals surface area contributed by atoms with Crippen molar-refractivity contribution in [2.24, 2.45) is 11.8 Å². The maximum atomic E-state index is 6.12. The Balaban J connectivity index is 1.76. The van der Waals surface area contributed by atoms with E-state index in [0.717, 1.165) is 31.5 Å². The van der Waals surface area contributed by atoms with E-state index in [1.807, 2.05) is 11.3 Å². The van der Waals surface area contributed by atoms with Crippen LogP contribution in [0.3, 0.4) is 0 Å². The van der Waals surface area contributed by atoms with Gasteiger partial charge >= 0.3 is 0 Å². The van der Waals surface area contributed by atoms with Crippen LogP contribution in [0.15, 0.2) is 12.1 Å². The third-order valence-corrected chi connectivity index (χ3v) is 4.92. The molecule has 19 heavy (non-hydrogen) atoms. The summed E-state index contributed by atoms with van der Waals surface area (Å²) < 4.78 is 6.12. The van der Waals surface area contributed by atoms with E-state index in [1.165, 1.54) is 29.0 Å². The van der Waals surface area contributed by atoms with Crippen molar-refractivity contribution in [1.82, 2.24) is 5.32 Å². The van der Waals surface area contributed by atoms with E-state index in [2.05, 4.69) is 38.2 Å². The fourth-order valence-electron chi connectivity index (χ4n) is 3.05. The molecule has 1 aliphatic rings. The van der Waals surface area contributed by atoms with Gasteiger partial charge in [-0.15, -0.1) is 11.3 Å². The second-order valence-corrected chi connectivity index (χ2v) is 7.25. The van der Waals surface area contributed by atoms with Crippen LogP contribution in [0.2, 0.25) is 0 Å². The van der Waals surface area contributed by atoms with Gasteiger partial charge in [0, 0.05) is 16.3 Å². The van der Waals surface area contributed by atoms with Gasteiger partial charge in [0.2, 0.25) is 0 Å². The molecule has 0 radical (unpaired) electrons. The maximum absolute atomic E-state index is 6.12. The highest BCUT2D eigenvalue weighted by Gasteiger charge is 2.24. The van der Waals surface area contributed by atoms with Gasteiger partial charge in [0.15, 0.2) is 0 Å². The zero-order valence-electron chi connectivity index (χ0n) is 12.4. The molecule has 1 fully saturated rings. The average Bonchev–Trinajstić information content (AvgIpc) is 2.81. The third-order valence-electron chi connectivity index (χ3n) is 3.86. The molecule has 0 bridgehead atoms. The minimum Gasteiger partial charge on any atom is -0.373 e. The Kier molecular flexibility index (Phi) is 5.86. The van der Waals surface area contributed by atoms with Crippen LogP contribution in [0.1, 0.15) is 49.8 Å². The van der Waals surface area contributed by atoms with E-state index in [4.69, 9.17) is 4.74 Å². The molecule has 1 aromatic rings. The number of nitrogens with one attached hydrogen (secondary N) is 1. The second kappa shape index (κ2) is 7.41. The van der Waals surface area contributed by atoms with Crippen molar-refractivity contribution >= 4 is 11.3 Å². The number of rotatable bonds is 6. The molecule has 108 valence electrons. The minimum atomic E-state index is 0.470. The summed E-state index contributed by atoms with van der Waals surface area (Å²) >= 11 is 1.88. The first-order chi connectivity index (χ1) is 9.17. The Bertz CT molecular complexity index is 367. The summed E-state index contributed by atoms with van der Waals surface area (Å²) in [6.07, 6.45) is 4.31. The normalized spacial score (nSPS) is 27.6. The molecule has 0 aromatic carbocycles. The van der Waals surface area contributed by atoms with Crippen molar-refractivity contribution in [2.75, 3.05) is 6.54 Å². The third kappa shape index (κ3) is 4.90. The van der Waals surface area contributed by atoms with E-state index in [-0.39, 0.29) is 0 Å². The predicted molar refractivity (Wildman–Crippen MR) is 82.5 cm³/mol. The molecule has 1 aromatic heterocycles. The first kappa shape index (κ1) is 15.0. The molecule has 3 heteroatoms. The van der Waals surface area contributed by atoms with Gasteiger partial charge in [-0.2, -0.15) is 0 Å². The van der Waals surface area contributed by atoms with Crippen molar-refractivity contribution in [1.29, 1.82) is 0 Å². The molecule has 2 rings (SSSR count). The zero-order chi connectivity index (χ0) is 13.7. The van der Waals surface area contributed by atoms with E-state index in [9.17, 15) is 0 Å². The van der Waals surface area contributed by atoms with E-state index < -0.39 is 0 Å². The van der Waals surface area contributed by atoms with Crippen molar-refractivity contribution in [2.45, 2.75) is 59.3 Å². The molecule has 1 heterocycles. The molecule has 2 atom stereocenters. The Hall–Kier alpha value is -0.380. The van der Waals surface area contributed by atoms with Crippen LogP contribution >= 0.6 is 11.3 Å². The molecule has 2 nitrogen and oxygen atoms in total. The lowest BCUT2D eigenvalue weighted by Gasteiger charge is -2.31. The number of ether oxygens (including phenoxy) is 1. The fraction of sp³-hybridized carbons (Fsp3) is 0.750. The van der Waals surface area contributed by atoms with Crippen molar-refractivity contribution in [3.05, 3.63) is 21.9 Å². The first-order valence-corrected chi connectivity index (χ1v) is 8.39. The summed E-state index contributed by atoms with van der Waals surface area (Å²) in [4.78, 5) is 2.77. The lowest BCUT2D eigenvalue weighted by atomic mass is 9.82. The molecule has 0 saturated heterocycles. The van der Waals surface area contributed by atoms with E-state index >= 15 is 0 Å². The van der Waals surface area contributed by atoms with Crippen LogP contribution < -0.4 is 5.32 Å². The Morgan fingerprint density at radius 1 is 1.16 bits per heavy atom. The molecule has 0 amide bonds. The molecule has 2 unspecified atom stereocenters. The van der Waals surface area contributed by atoms with E-state index in [1.54, 1.807) is 0 Å². The zero-order valence-corrected chi connectivity index (χ0v) is 13.3. The summed E-state index contributed by atoms with van der Waals surface area (Å²) in [6.45, 7) is 9.65. The minimum absolute atomic E-state index is 0.470. The monoisotopic (exact) mass is 281 g/mol. The lowest BCUT2D eigenvalue weighted by molar-refractivity contribution is -0.00803. The summed E-state index contributed by atoms with van der Waals surface area (Å²) in [5, 5.41) is 3.36. The fourth-order valence-corrected chi connectivity index (χ4v) is 3.96. The summed E-state index contributed by atoms with van der Waals surface area (Å²) in [6, 6.07) is 4.44. The Morgan fingerprint density at radius 2 is 1.84 bits per heavy atom. The summed E-state index contributed by atoms with van der Waals surface area (Å²) in [7, 11) is 0. The van der Waals surface area contributed by atoms with Crippen molar-refractivity contribution < 1.29 is 4.74 Å². The van der Waals surface area contributed by atoms with Gasteiger partial charge in [-0.1, -0.05) is 20.8 Å². The predicted octanol–water partition coefficient (Wildman–Crippen LogP) is 4.20. The van der Waals surface area contributed by atoms with Crippen molar-refractivity contribution in [3.8, 4) is 0 Å². The van der Waals surface area contributed by atoms with Crippen molar-refractivity contribution in [3.63, 3.8) is 0 Å². The summed E-state index contributed by atoms with van der Waals surface area (Å²) in [5.74, 6) is 1.64. The standard InChI is InChI=1S/C16H27NOS/c1-4-17-10-15-5-6-16(19-15)11-18-14-8-12(2)7-13(3)9-14/h5-6,12-14,17H,4,7-11H2,1-3H3. The van der Waals surface area contributed by atoms with Gasteiger partial charge < -0.3 is 10.1 Å². The molecular weight excluding hydrogens is 254 g/mol. The molecule has 1 N–H and O–H groups in total. The Morgan fingerprint density at radius 3 is 2.53 bits per heavy atom. The van der Waals surface area contributed by atoms with Gasteiger partial charge in [-0.05, 0) is 49.8 Å². The molecule has 0 aliphatic heterocycles. The Labute approximate surface area is 121 Å². The van der Waals surface area contributed by atoms with Crippen LogP contribution in [0.5, 0.6) is 0 Å². The first-order valence-electron chi connectivity index (χ1n) is 7.57. The van der Waals surface area contributed by atoms with Crippen LogP contribution in [-0.4, -0.2) is 12.6 Å². The molecule has 0 spiro atoms. The quantitative estimate of drug-likeness (QED) is 0.844. The maximum Gasteiger partial charge on any atom is 0.0813 e. The van der Waals surface area contributed by atoms with Crippen LogP contribution in [0.4, 0.5) is 0 Å². The van der Waals surface area contributed by atoms with Crippen LogP contribution in [0, 0.1) is 11.8 Å². The highest BCUT2D eigenvalue weighted by atomic mass is 32.1. The summed E-state index contributed by atoms with van der Waals surface area (Å²) in [5.41, 5.74) is 0. The number of thiophene rings is 1. The van der Waals surface area contributed by atoms with Gasteiger partial charge in [0.1, 0.15) is 0 Å². The largest absolute Gasteiger partial charge is 0.373 e. The van der Waals surface area contributed by atoms with Crippen LogP contribution in [0.25, 0.3) is 0 Å². The van der Waals surface area contributed by atoms with Gasteiger partial charge in [-0.25, -0.2) is 0 Å². The van der Waals surface area contributed by atoms with Crippen LogP contribution in [-0.2, 0) is 17.9 Å². The van der Waals surface area contributed by atoms with Gasteiger partial charge in [-0.3, -0.25) is 0 Å².